The Morgan fingerprint density at radius 3 is 2.88 bits per heavy atom. The molecular formula is C12H17N3O2. The number of nitrogens with one attached hydrogen (secondary N) is 1. The van der Waals surface area contributed by atoms with Crippen molar-refractivity contribution in [2.45, 2.75) is 39.3 Å². The average Bonchev–Trinajstić information content (AvgIpc) is 2.26. The number of hydrogen-bond acceptors (Lipinski definition) is 5. The van der Waals surface area contributed by atoms with E-state index in [4.69, 9.17) is 4.74 Å². The van der Waals surface area contributed by atoms with Crippen molar-refractivity contribution in [3.8, 4) is 0 Å². The summed E-state index contributed by atoms with van der Waals surface area (Å²) in [7, 11) is 0. The lowest BCUT2D eigenvalue weighted by Crippen LogP contribution is -2.28. The van der Waals surface area contributed by atoms with Crippen LogP contribution >= 0.6 is 0 Å². The molecule has 0 amide bonds. The molecule has 0 spiro atoms. The summed E-state index contributed by atoms with van der Waals surface area (Å²) in [6, 6.07) is 1.77. The molecule has 0 atom stereocenters. The zero-order chi connectivity index (χ0) is 12.5. The third-order valence-electron chi connectivity index (χ3n) is 2.42. The zero-order valence-electron chi connectivity index (χ0n) is 10.4. The molecule has 2 rings (SSSR count). The van der Waals surface area contributed by atoms with E-state index >= 15 is 0 Å². The highest BCUT2D eigenvalue weighted by atomic mass is 16.6. The Morgan fingerprint density at radius 1 is 1.41 bits per heavy atom. The van der Waals surface area contributed by atoms with Crippen molar-refractivity contribution in [1.29, 1.82) is 0 Å². The molecule has 0 bridgehead atoms. The van der Waals surface area contributed by atoms with Gasteiger partial charge >= 0.3 is 5.97 Å². The summed E-state index contributed by atoms with van der Waals surface area (Å²) in [5.41, 5.74) is 1.78. The van der Waals surface area contributed by atoms with Crippen LogP contribution in [0.2, 0.25) is 0 Å². The van der Waals surface area contributed by atoms with E-state index in [1.165, 1.54) is 0 Å². The Morgan fingerprint density at radius 2 is 2.18 bits per heavy atom. The highest BCUT2D eigenvalue weighted by Crippen LogP contribution is 2.14. The molecule has 5 heteroatoms. The van der Waals surface area contributed by atoms with E-state index in [9.17, 15) is 4.79 Å². The third-order valence-corrected chi connectivity index (χ3v) is 2.42. The topological polar surface area (TPSA) is 64.1 Å². The van der Waals surface area contributed by atoms with Crippen LogP contribution in [0.5, 0.6) is 0 Å². The van der Waals surface area contributed by atoms with Gasteiger partial charge in [-0.25, -0.2) is 4.79 Å². The van der Waals surface area contributed by atoms with Gasteiger partial charge in [-0.3, -0.25) is 0 Å². The quantitative estimate of drug-likeness (QED) is 0.738. The normalized spacial score (nSPS) is 15.2. The second kappa shape index (κ2) is 4.41. The molecule has 0 radical (unpaired) electrons. The molecule has 92 valence electrons. The first-order chi connectivity index (χ1) is 7.96. The molecule has 17 heavy (non-hydrogen) atoms. The number of aromatic nitrogens is 2. The molecule has 1 aliphatic rings. The molecule has 5 nitrogen and oxygen atoms in total. The van der Waals surface area contributed by atoms with Crippen molar-refractivity contribution in [1.82, 2.24) is 15.5 Å². The van der Waals surface area contributed by atoms with Crippen LogP contribution in [0.15, 0.2) is 6.07 Å². The fraction of sp³-hybridized carbons (Fsp3) is 0.583. The Hall–Kier alpha value is -1.49. The van der Waals surface area contributed by atoms with E-state index in [1.54, 1.807) is 6.07 Å². The molecule has 1 aromatic rings. The largest absolute Gasteiger partial charge is 0.455 e. The third kappa shape index (κ3) is 3.00. The Balaban J connectivity index is 2.19. The average molecular weight is 235 g/mol. The molecule has 0 fully saturated rings. The lowest BCUT2D eigenvalue weighted by atomic mass is 10.1. The van der Waals surface area contributed by atoms with Gasteiger partial charge in [-0.2, -0.15) is 5.10 Å². The molecule has 0 unspecified atom stereocenters. The summed E-state index contributed by atoms with van der Waals surface area (Å²) in [6.45, 7) is 7.14. The number of nitrogens with zero attached hydrogens (tertiary/aromatic N) is 2. The highest BCUT2D eigenvalue weighted by molar-refractivity contribution is 5.87. The summed E-state index contributed by atoms with van der Waals surface area (Å²) in [4.78, 5) is 11.8. The number of esters is 1. The molecule has 1 aliphatic heterocycles. The van der Waals surface area contributed by atoms with Crippen LogP contribution in [0.4, 0.5) is 0 Å². The summed E-state index contributed by atoms with van der Waals surface area (Å²) >= 11 is 0. The number of ether oxygens (including phenoxy) is 1. The fourth-order valence-corrected chi connectivity index (χ4v) is 1.68. The minimum Gasteiger partial charge on any atom is -0.455 e. The first-order valence-electron chi connectivity index (χ1n) is 5.75. The van der Waals surface area contributed by atoms with E-state index in [1.807, 2.05) is 20.8 Å². The van der Waals surface area contributed by atoms with Crippen LogP contribution in [0.1, 0.15) is 42.5 Å². The van der Waals surface area contributed by atoms with Crippen molar-refractivity contribution < 1.29 is 9.53 Å². The zero-order valence-corrected chi connectivity index (χ0v) is 10.4. The second-order valence-corrected chi connectivity index (χ2v) is 5.13. The van der Waals surface area contributed by atoms with Gasteiger partial charge < -0.3 is 10.1 Å². The number of carbonyl (C=O) groups excluding carboxylic acids is 1. The summed E-state index contributed by atoms with van der Waals surface area (Å²) in [5, 5.41) is 11.2. The maximum atomic E-state index is 11.8. The Kier molecular flexibility index (Phi) is 3.11. The van der Waals surface area contributed by atoms with Gasteiger partial charge in [0.05, 0.1) is 5.69 Å². The van der Waals surface area contributed by atoms with Crippen LogP contribution in [-0.2, 0) is 17.7 Å². The molecule has 0 aromatic carbocycles. The van der Waals surface area contributed by atoms with Crippen molar-refractivity contribution in [3.05, 3.63) is 23.0 Å². The number of rotatable bonds is 1. The van der Waals surface area contributed by atoms with E-state index in [0.29, 0.717) is 0 Å². The Bertz CT molecular complexity index is 438. The first-order valence-corrected chi connectivity index (χ1v) is 5.75. The number of carbonyl (C=O) groups is 1. The predicted molar refractivity (Wildman–Crippen MR) is 62.6 cm³/mol. The van der Waals surface area contributed by atoms with Crippen molar-refractivity contribution in [2.24, 2.45) is 0 Å². The molecule has 2 heterocycles. The van der Waals surface area contributed by atoms with Gasteiger partial charge in [0.2, 0.25) is 0 Å². The van der Waals surface area contributed by atoms with Crippen molar-refractivity contribution in [2.75, 3.05) is 6.54 Å². The van der Waals surface area contributed by atoms with Crippen molar-refractivity contribution >= 4 is 5.97 Å². The molecule has 1 N–H and O–H groups in total. The van der Waals surface area contributed by atoms with Gasteiger partial charge in [0.15, 0.2) is 5.69 Å². The smallest absolute Gasteiger partial charge is 0.359 e. The van der Waals surface area contributed by atoms with Gasteiger partial charge in [-0.1, -0.05) is 0 Å². The van der Waals surface area contributed by atoms with E-state index in [2.05, 4.69) is 15.5 Å². The van der Waals surface area contributed by atoms with Crippen LogP contribution in [-0.4, -0.2) is 28.3 Å². The van der Waals surface area contributed by atoms with Gasteiger partial charge in [-0.15, -0.1) is 5.10 Å². The van der Waals surface area contributed by atoms with Gasteiger partial charge in [0.1, 0.15) is 5.60 Å². The molecule has 0 aliphatic carbocycles. The summed E-state index contributed by atoms with van der Waals surface area (Å²) in [6.07, 6.45) is 0.858. The molecular weight excluding hydrogens is 218 g/mol. The Labute approximate surface area is 101 Å². The van der Waals surface area contributed by atoms with Gasteiger partial charge in [0.25, 0.3) is 0 Å². The SMILES string of the molecule is CC(C)(C)OC(=O)c1cc2c(nn1)CCNC2. The minimum absolute atomic E-state index is 0.280. The highest BCUT2D eigenvalue weighted by Gasteiger charge is 2.21. The fourth-order valence-electron chi connectivity index (χ4n) is 1.68. The van der Waals surface area contributed by atoms with Crippen LogP contribution in [0.25, 0.3) is 0 Å². The van der Waals surface area contributed by atoms with E-state index in [-0.39, 0.29) is 5.69 Å². The minimum atomic E-state index is -0.507. The van der Waals surface area contributed by atoms with Gasteiger partial charge in [-0.05, 0) is 32.4 Å². The van der Waals surface area contributed by atoms with E-state index in [0.717, 1.165) is 30.8 Å². The summed E-state index contributed by atoms with van der Waals surface area (Å²) < 4.78 is 5.25. The predicted octanol–water partition coefficient (Wildman–Crippen LogP) is 1.08. The first kappa shape index (κ1) is 12.0. The number of fused-ring (bicyclic) bond motifs is 1. The van der Waals surface area contributed by atoms with Crippen LogP contribution in [0.3, 0.4) is 0 Å². The lowest BCUT2D eigenvalue weighted by molar-refractivity contribution is 0.00613. The second-order valence-electron chi connectivity index (χ2n) is 5.13. The van der Waals surface area contributed by atoms with E-state index < -0.39 is 11.6 Å². The van der Waals surface area contributed by atoms with Crippen molar-refractivity contribution in [3.63, 3.8) is 0 Å². The van der Waals surface area contributed by atoms with Crippen LogP contribution < -0.4 is 5.32 Å². The monoisotopic (exact) mass is 235 g/mol. The molecule has 1 aromatic heterocycles. The molecule has 0 saturated heterocycles. The maximum Gasteiger partial charge on any atom is 0.359 e. The lowest BCUT2D eigenvalue weighted by Gasteiger charge is -2.20. The van der Waals surface area contributed by atoms with Crippen LogP contribution in [0, 0.1) is 0 Å². The van der Waals surface area contributed by atoms with Gasteiger partial charge in [0, 0.05) is 19.5 Å². The standard InChI is InChI=1S/C12H17N3O2/c1-12(2,3)17-11(16)10-6-8-7-13-5-4-9(8)14-15-10/h6,13H,4-5,7H2,1-3H3. The maximum absolute atomic E-state index is 11.8. The number of hydrogen-bond donors (Lipinski definition) is 1. The molecule has 0 saturated carbocycles. The summed E-state index contributed by atoms with van der Waals surface area (Å²) in [5.74, 6) is -0.418.